The van der Waals surface area contributed by atoms with Gasteiger partial charge in [0.25, 0.3) is 10.0 Å². The first-order valence-electron chi connectivity index (χ1n) is 4.97. The number of nitrogens with zero attached hydrogens (tertiary/aromatic N) is 1. The molecule has 0 fully saturated rings. The van der Waals surface area contributed by atoms with E-state index in [9.17, 15) is 8.42 Å². The lowest BCUT2D eigenvalue weighted by molar-refractivity contribution is 0.601. The summed E-state index contributed by atoms with van der Waals surface area (Å²) in [5, 5.41) is 0. The molecule has 0 radical (unpaired) electrons. The Morgan fingerprint density at radius 1 is 1.22 bits per heavy atom. The maximum atomic E-state index is 12.0. The van der Waals surface area contributed by atoms with Crippen molar-refractivity contribution in [3.63, 3.8) is 0 Å². The Balaban J connectivity index is 2.30. The van der Waals surface area contributed by atoms with E-state index in [4.69, 9.17) is 5.73 Å². The number of pyridine rings is 1. The molecule has 0 aliphatic rings. The molecule has 0 atom stereocenters. The van der Waals surface area contributed by atoms with Crippen LogP contribution in [0.4, 0.5) is 11.5 Å². The minimum Gasteiger partial charge on any atom is -0.399 e. The summed E-state index contributed by atoms with van der Waals surface area (Å²) in [6.45, 7) is 0. The van der Waals surface area contributed by atoms with Gasteiger partial charge in [-0.3, -0.25) is 4.72 Å². The van der Waals surface area contributed by atoms with Crippen LogP contribution in [0.1, 0.15) is 0 Å². The highest BCUT2D eigenvalue weighted by Gasteiger charge is 2.14. The van der Waals surface area contributed by atoms with Crippen molar-refractivity contribution < 1.29 is 8.42 Å². The molecule has 0 unspecified atom stereocenters. The predicted octanol–water partition coefficient (Wildman–Crippen LogP) is 2.23. The maximum Gasteiger partial charge on any atom is 0.263 e. The van der Waals surface area contributed by atoms with E-state index in [1.807, 2.05) is 0 Å². The fraction of sp³-hybridized carbons (Fsp3) is 0. The molecule has 0 amide bonds. The van der Waals surface area contributed by atoms with Crippen LogP contribution in [0.15, 0.2) is 52.0 Å². The van der Waals surface area contributed by atoms with E-state index in [-0.39, 0.29) is 10.7 Å². The molecule has 1 heterocycles. The van der Waals surface area contributed by atoms with Crippen LogP contribution in [0.5, 0.6) is 0 Å². The van der Waals surface area contributed by atoms with Crippen LogP contribution in [0, 0.1) is 0 Å². The van der Waals surface area contributed by atoms with Crippen LogP contribution in [-0.4, -0.2) is 13.4 Å². The van der Waals surface area contributed by atoms with Crippen molar-refractivity contribution in [3.05, 3.63) is 47.1 Å². The Kier molecular flexibility index (Phi) is 3.53. The molecule has 0 bridgehead atoms. The lowest BCUT2D eigenvalue weighted by atomic mass is 10.3. The Morgan fingerprint density at radius 3 is 2.61 bits per heavy atom. The summed E-state index contributed by atoms with van der Waals surface area (Å²) in [7, 11) is -3.66. The molecule has 1 aromatic heterocycles. The van der Waals surface area contributed by atoms with Gasteiger partial charge in [0.15, 0.2) is 0 Å². The third kappa shape index (κ3) is 2.99. The zero-order valence-corrected chi connectivity index (χ0v) is 11.6. The first-order chi connectivity index (χ1) is 8.47. The van der Waals surface area contributed by atoms with Crippen LogP contribution in [-0.2, 0) is 10.0 Å². The summed E-state index contributed by atoms with van der Waals surface area (Å²) in [6.07, 6.45) is 1.51. The number of hydrogen-bond acceptors (Lipinski definition) is 4. The van der Waals surface area contributed by atoms with Crippen LogP contribution in [0.25, 0.3) is 0 Å². The van der Waals surface area contributed by atoms with Gasteiger partial charge in [-0.25, -0.2) is 13.4 Å². The number of nitrogens with one attached hydrogen (secondary N) is 1. The molecule has 0 aliphatic carbocycles. The van der Waals surface area contributed by atoms with Gasteiger partial charge in [-0.15, -0.1) is 0 Å². The van der Waals surface area contributed by atoms with Gasteiger partial charge in [0.2, 0.25) is 0 Å². The molecule has 0 spiro atoms. The molecule has 1 aromatic carbocycles. The summed E-state index contributed by atoms with van der Waals surface area (Å²) < 4.78 is 27.2. The second kappa shape index (κ2) is 4.95. The molecule has 5 nitrogen and oxygen atoms in total. The van der Waals surface area contributed by atoms with Crippen LogP contribution in [0.2, 0.25) is 0 Å². The van der Waals surface area contributed by atoms with E-state index in [2.05, 4.69) is 25.6 Å². The average molecular weight is 328 g/mol. The molecule has 18 heavy (non-hydrogen) atoms. The van der Waals surface area contributed by atoms with Crippen LogP contribution in [0.3, 0.4) is 0 Å². The number of benzene rings is 1. The molecule has 3 N–H and O–H groups in total. The Bertz CT molecular complexity index is 656. The number of hydrogen-bond donors (Lipinski definition) is 2. The second-order valence-electron chi connectivity index (χ2n) is 3.54. The summed E-state index contributed by atoms with van der Waals surface area (Å²) in [5.41, 5.74) is 5.94. The van der Waals surface area contributed by atoms with Crippen LogP contribution >= 0.6 is 15.9 Å². The number of anilines is 2. The first-order valence-corrected chi connectivity index (χ1v) is 7.25. The summed E-state index contributed by atoms with van der Waals surface area (Å²) in [5.74, 6) is 0.251. The van der Waals surface area contributed by atoms with Crippen molar-refractivity contribution >= 4 is 37.5 Å². The first kappa shape index (κ1) is 12.8. The monoisotopic (exact) mass is 327 g/mol. The topological polar surface area (TPSA) is 85.1 Å². The lowest BCUT2D eigenvalue weighted by Gasteiger charge is -2.07. The highest BCUT2D eigenvalue weighted by Crippen LogP contribution is 2.17. The van der Waals surface area contributed by atoms with Crippen molar-refractivity contribution in [2.45, 2.75) is 4.90 Å². The number of aromatic nitrogens is 1. The molecule has 0 aliphatic heterocycles. The summed E-state index contributed by atoms with van der Waals surface area (Å²) in [4.78, 5) is 4.05. The number of rotatable bonds is 3. The van der Waals surface area contributed by atoms with Gasteiger partial charge < -0.3 is 5.73 Å². The van der Waals surface area contributed by atoms with E-state index in [0.717, 1.165) is 4.47 Å². The summed E-state index contributed by atoms with van der Waals surface area (Å²) in [6, 6.07) is 9.33. The maximum absolute atomic E-state index is 12.0. The Morgan fingerprint density at radius 2 is 2.00 bits per heavy atom. The van der Waals surface area contributed by atoms with Gasteiger partial charge >= 0.3 is 0 Å². The lowest BCUT2D eigenvalue weighted by Crippen LogP contribution is -2.14. The molecular formula is C11H10BrN3O2S. The fourth-order valence-electron chi connectivity index (χ4n) is 1.31. The van der Waals surface area contributed by atoms with Gasteiger partial charge in [0, 0.05) is 16.4 Å². The van der Waals surface area contributed by atoms with E-state index >= 15 is 0 Å². The van der Waals surface area contributed by atoms with Crippen molar-refractivity contribution in [1.82, 2.24) is 4.98 Å². The normalized spacial score (nSPS) is 11.2. The minimum absolute atomic E-state index is 0.104. The van der Waals surface area contributed by atoms with Gasteiger partial charge in [-0.05, 0) is 46.3 Å². The third-order valence-corrected chi connectivity index (χ3v) is 3.96. The number of nitrogen functional groups attached to an aromatic ring is 1. The van der Waals surface area contributed by atoms with Crippen molar-refractivity contribution in [2.75, 3.05) is 10.5 Å². The standard InChI is InChI=1S/C11H10BrN3O2S/c12-8-4-5-11(14-7-8)15-18(16,17)10-3-1-2-9(13)6-10/h1-7H,13H2,(H,14,15). The number of halogens is 1. The smallest absolute Gasteiger partial charge is 0.263 e. The van der Waals surface area contributed by atoms with E-state index in [0.29, 0.717) is 5.69 Å². The largest absolute Gasteiger partial charge is 0.399 e. The minimum atomic E-state index is -3.66. The van der Waals surface area contributed by atoms with E-state index in [1.165, 1.54) is 18.3 Å². The molecule has 2 rings (SSSR count). The molecular weight excluding hydrogens is 318 g/mol. The Labute approximate surface area is 113 Å². The quantitative estimate of drug-likeness (QED) is 0.846. The fourth-order valence-corrected chi connectivity index (χ4v) is 2.61. The molecule has 0 saturated carbocycles. The van der Waals surface area contributed by atoms with E-state index in [1.54, 1.807) is 24.3 Å². The number of nitrogens with two attached hydrogens (primary N) is 1. The highest BCUT2D eigenvalue weighted by atomic mass is 79.9. The molecule has 2 aromatic rings. The average Bonchev–Trinajstić information content (AvgIpc) is 2.32. The van der Waals surface area contributed by atoms with Gasteiger partial charge in [0.05, 0.1) is 4.90 Å². The zero-order chi connectivity index (χ0) is 13.2. The van der Waals surface area contributed by atoms with Crippen molar-refractivity contribution in [1.29, 1.82) is 0 Å². The predicted molar refractivity (Wildman–Crippen MR) is 73.6 cm³/mol. The van der Waals surface area contributed by atoms with Gasteiger partial charge in [0.1, 0.15) is 5.82 Å². The Hall–Kier alpha value is -1.60. The highest BCUT2D eigenvalue weighted by molar-refractivity contribution is 9.10. The zero-order valence-electron chi connectivity index (χ0n) is 9.17. The number of sulfonamides is 1. The summed E-state index contributed by atoms with van der Waals surface area (Å²) >= 11 is 3.22. The molecule has 94 valence electrons. The second-order valence-corrected chi connectivity index (χ2v) is 6.14. The molecule has 0 saturated heterocycles. The third-order valence-electron chi connectivity index (χ3n) is 2.13. The van der Waals surface area contributed by atoms with Gasteiger partial charge in [-0.1, -0.05) is 6.07 Å². The van der Waals surface area contributed by atoms with Crippen molar-refractivity contribution in [2.24, 2.45) is 0 Å². The van der Waals surface area contributed by atoms with Crippen LogP contribution < -0.4 is 10.5 Å². The van der Waals surface area contributed by atoms with E-state index < -0.39 is 10.0 Å². The SMILES string of the molecule is Nc1cccc(S(=O)(=O)Nc2ccc(Br)cn2)c1. The van der Waals surface area contributed by atoms with Crippen molar-refractivity contribution in [3.8, 4) is 0 Å². The van der Waals surface area contributed by atoms with Gasteiger partial charge in [-0.2, -0.15) is 0 Å². The molecule has 7 heteroatoms.